The molecule has 16 heavy (non-hydrogen) atoms. The number of nitrogens with two attached hydrogens (primary N) is 1. The van der Waals surface area contributed by atoms with Crippen LogP contribution in [0.3, 0.4) is 0 Å². The number of ether oxygens (including phenoxy) is 2. The molecule has 1 atom stereocenters. The van der Waals surface area contributed by atoms with Gasteiger partial charge in [-0.05, 0) is 6.07 Å². The maximum atomic E-state index is 9.12. The fourth-order valence-electron chi connectivity index (χ4n) is 1.23. The molecule has 0 saturated heterocycles. The van der Waals surface area contributed by atoms with Crippen LogP contribution in [0.2, 0.25) is 0 Å². The summed E-state index contributed by atoms with van der Waals surface area (Å²) in [5.41, 5.74) is 6.41. The van der Waals surface area contributed by atoms with E-state index in [1.165, 1.54) is 0 Å². The summed E-state index contributed by atoms with van der Waals surface area (Å²) in [7, 11) is 1.56. The smallest absolute Gasteiger partial charge is 0.127 e. The molecule has 1 aromatic carbocycles. The van der Waals surface area contributed by atoms with Gasteiger partial charge in [-0.3, -0.25) is 0 Å². The summed E-state index contributed by atoms with van der Waals surface area (Å²) in [6.45, 7) is 0.113. The van der Waals surface area contributed by atoms with Crippen LogP contribution in [0.25, 0.3) is 0 Å². The molecule has 0 amide bonds. The fraction of sp³-hybridized carbons (Fsp3) is 0.455. The zero-order chi connectivity index (χ0) is 12.0. The van der Waals surface area contributed by atoms with Gasteiger partial charge in [-0.15, -0.1) is 0 Å². The Morgan fingerprint density at radius 3 is 2.75 bits per heavy atom. The first-order valence-corrected chi connectivity index (χ1v) is 5.00. The number of rotatable bonds is 6. The molecular formula is C11H17NO4. The van der Waals surface area contributed by atoms with E-state index in [4.69, 9.17) is 25.4 Å². The van der Waals surface area contributed by atoms with Crippen molar-refractivity contribution in [1.82, 2.24) is 0 Å². The normalized spacial score (nSPS) is 12.2. The molecule has 1 aromatic rings. The summed E-state index contributed by atoms with van der Waals surface area (Å²) in [6.07, 6.45) is -0.875. The third-order valence-corrected chi connectivity index (χ3v) is 2.13. The van der Waals surface area contributed by atoms with Gasteiger partial charge in [-0.25, -0.2) is 0 Å². The second kappa shape index (κ2) is 6.32. The predicted octanol–water partition coefficient (Wildman–Crippen LogP) is -0.114. The molecule has 1 rings (SSSR count). The largest absolute Gasteiger partial charge is 0.496 e. The molecule has 5 heteroatoms. The molecule has 0 heterocycles. The Kier molecular flexibility index (Phi) is 5.04. The maximum absolute atomic E-state index is 9.12. The average molecular weight is 227 g/mol. The van der Waals surface area contributed by atoms with E-state index in [1.807, 2.05) is 0 Å². The Hall–Kier alpha value is -1.30. The lowest BCUT2D eigenvalue weighted by atomic mass is 10.2. The lowest BCUT2D eigenvalue weighted by molar-refractivity contribution is 0.0535. The summed E-state index contributed by atoms with van der Waals surface area (Å²) in [6, 6.07) is 5.25. The monoisotopic (exact) mass is 227 g/mol. The van der Waals surface area contributed by atoms with Crippen molar-refractivity contribution in [3.8, 4) is 11.5 Å². The van der Waals surface area contributed by atoms with E-state index in [1.54, 1.807) is 25.3 Å². The van der Waals surface area contributed by atoms with Gasteiger partial charge in [0.25, 0.3) is 0 Å². The van der Waals surface area contributed by atoms with Crippen LogP contribution in [0.1, 0.15) is 5.56 Å². The Balaban J connectivity index is 2.67. The molecule has 5 nitrogen and oxygen atoms in total. The van der Waals surface area contributed by atoms with E-state index in [9.17, 15) is 0 Å². The van der Waals surface area contributed by atoms with Crippen molar-refractivity contribution in [1.29, 1.82) is 0 Å². The summed E-state index contributed by atoms with van der Waals surface area (Å²) in [4.78, 5) is 0. The highest BCUT2D eigenvalue weighted by atomic mass is 16.5. The molecule has 90 valence electrons. The van der Waals surface area contributed by atoms with E-state index in [0.29, 0.717) is 18.0 Å². The van der Waals surface area contributed by atoms with Crippen LogP contribution in [0.15, 0.2) is 18.2 Å². The van der Waals surface area contributed by atoms with Gasteiger partial charge in [0.2, 0.25) is 0 Å². The average Bonchev–Trinajstić information content (AvgIpc) is 2.35. The van der Waals surface area contributed by atoms with Crippen LogP contribution >= 0.6 is 0 Å². The number of hydrogen-bond acceptors (Lipinski definition) is 5. The van der Waals surface area contributed by atoms with Gasteiger partial charge in [0.15, 0.2) is 0 Å². The van der Waals surface area contributed by atoms with Crippen molar-refractivity contribution in [3.05, 3.63) is 23.8 Å². The van der Waals surface area contributed by atoms with Crippen molar-refractivity contribution in [2.45, 2.75) is 12.6 Å². The lowest BCUT2D eigenvalue weighted by Crippen LogP contribution is -2.21. The maximum Gasteiger partial charge on any atom is 0.127 e. The van der Waals surface area contributed by atoms with E-state index < -0.39 is 6.10 Å². The molecular weight excluding hydrogens is 210 g/mol. The van der Waals surface area contributed by atoms with Crippen molar-refractivity contribution in [2.75, 3.05) is 20.3 Å². The molecule has 0 fully saturated rings. The Bertz CT molecular complexity index is 330. The molecule has 0 aliphatic carbocycles. The third-order valence-electron chi connectivity index (χ3n) is 2.13. The Morgan fingerprint density at radius 2 is 2.19 bits per heavy atom. The predicted molar refractivity (Wildman–Crippen MR) is 59.5 cm³/mol. The van der Waals surface area contributed by atoms with Crippen molar-refractivity contribution >= 4 is 0 Å². The summed E-state index contributed by atoms with van der Waals surface area (Å²) >= 11 is 0. The highest BCUT2D eigenvalue weighted by Gasteiger charge is 2.06. The topological polar surface area (TPSA) is 84.9 Å². The van der Waals surface area contributed by atoms with Crippen molar-refractivity contribution in [2.24, 2.45) is 5.73 Å². The minimum Gasteiger partial charge on any atom is -0.496 e. The molecule has 0 unspecified atom stereocenters. The highest BCUT2D eigenvalue weighted by Crippen LogP contribution is 2.24. The molecule has 0 bridgehead atoms. The summed E-state index contributed by atoms with van der Waals surface area (Å²) in [5.74, 6) is 1.22. The first-order valence-electron chi connectivity index (χ1n) is 5.00. The second-order valence-electron chi connectivity index (χ2n) is 3.33. The van der Waals surface area contributed by atoms with Gasteiger partial charge < -0.3 is 25.4 Å². The van der Waals surface area contributed by atoms with Gasteiger partial charge in [0.05, 0.1) is 13.7 Å². The van der Waals surface area contributed by atoms with Gasteiger partial charge in [-0.1, -0.05) is 6.07 Å². The molecule has 0 aliphatic rings. The second-order valence-corrected chi connectivity index (χ2v) is 3.33. The first kappa shape index (κ1) is 12.8. The zero-order valence-corrected chi connectivity index (χ0v) is 9.22. The van der Waals surface area contributed by atoms with Gasteiger partial charge in [0, 0.05) is 18.2 Å². The summed E-state index contributed by atoms with van der Waals surface area (Å²) in [5, 5.41) is 17.7. The van der Waals surface area contributed by atoms with Gasteiger partial charge >= 0.3 is 0 Å². The van der Waals surface area contributed by atoms with Gasteiger partial charge in [-0.2, -0.15) is 0 Å². The van der Waals surface area contributed by atoms with Crippen LogP contribution in [0, 0.1) is 0 Å². The molecule has 0 saturated carbocycles. The molecule has 4 N–H and O–H groups in total. The minimum atomic E-state index is -0.875. The Labute approximate surface area is 94.4 Å². The van der Waals surface area contributed by atoms with E-state index in [-0.39, 0.29) is 13.2 Å². The number of hydrogen-bond donors (Lipinski definition) is 3. The fourth-order valence-corrected chi connectivity index (χ4v) is 1.23. The van der Waals surface area contributed by atoms with Crippen LogP contribution in [-0.4, -0.2) is 36.6 Å². The Morgan fingerprint density at radius 1 is 1.44 bits per heavy atom. The molecule has 0 radical (unpaired) electrons. The molecule has 0 aliphatic heterocycles. The first-order chi connectivity index (χ1) is 7.71. The quantitative estimate of drug-likeness (QED) is 0.631. The number of methoxy groups -OCH3 is 1. The van der Waals surface area contributed by atoms with Crippen molar-refractivity contribution < 1.29 is 19.7 Å². The number of aliphatic hydroxyl groups is 2. The third kappa shape index (κ3) is 3.37. The zero-order valence-electron chi connectivity index (χ0n) is 9.22. The summed E-state index contributed by atoms with van der Waals surface area (Å²) < 4.78 is 10.4. The van der Waals surface area contributed by atoms with Gasteiger partial charge in [0.1, 0.15) is 24.2 Å². The minimum absolute atomic E-state index is 0.0433. The van der Waals surface area contributed by atoms with Crippen LogP contribution in [0.4, 0.5) is 0 Å². The van der Waals surface area contributed by atoms with E-state index in [2.05, 4.69) is 0 Å². The number of aliphatic hydroxyl groups excluding tert-OH is 2. The van der Waals surface area contributed by atoms with Crippen LogP contribution in [-0.2, 0) is 6.54 Å². The standard InChI is InChI=1S/C11H17NO4/c1-15-11-4-10(3-2-8(11)5-12)16-7-9(14)6-13/h2-4,9,13-14H,5-7,12H2,1H3/t9-/m0/s1. The molecule has 0 spiro atoms. The van der Waals surface area contributed by atoms with Crippen LogP contribution in [0.5, 0.6) is 11.5 Å². The number of benzene rings is 1. The van der Waals surface area contributed by atoms with Crippen LogP contribution < -0.4 is 15.2 Å². The lowest BCUT2D eigenvalue weighted by Gasteiger charge is -2.12. The SMILES string of the molecule is COc1cc(OC[C@@H](O)CO)ccc1CN. The van der Waals surface area contributed by atoms with E-state index in [0.717, 1.165) is 5.56 Å². The van der Waals surface area contributed by atoms with Crippen molar-refractivity contribution in [3.63, 3.8) is 0 Å². The molecule has 0 aromatic heterocycles. The highest BCUT2D eigenvalue weighted by molar-refractivity contribution is 5.40. The van der Waals surface area contributed by atoms with E-state index >= 15 is 0 Å².